The summed E-state index contributed by atoms with van der Waals surface area (Å²) in [6.07, 6.45) is 1.67. The van der Waals surface area contributed by atoms with Crippen LogP contribution in [-0.4, -0.2) is 32.8 Å². The van der Waals surface area contributed by atoms with E-state index in [2.05, 4.69) is 10.4 Å². The number of unbranched alkanes of at least 4 members (excludes halogenated alkanes) is 1. The van der Waals surface area contributed by atoms with Gasteiger partial charge in [-0.15, -0.1) is 0 Å². The van der Waals surface area contributed by atoms with Gasteiger partial charge in [-0.3, -0.25) is 4.79 Å². The summed E-state index contributed by atoms with van der Waals surface area (Å²) < 4.78 is 26.0. The Labute approximate surface area is 127 Å². The average Bonchev–Trinajstić information content (AvgIpc) is 2.71. The van der Waals surface area contributed by atoms with Gasteiger partial charge in [-0.25, -0.2) is 9.48 Å². The number of alkyl halides is 2. The van der Waals surface area contributed by atoms with Gasteiger partial charge in [0.2, 0.25) is 5.91 Å². The van der Waals surface area contributed by atoms with Gasteiger partial charge in [0.05, 0.1) is 12.1 Å². The van der Waals surface area contributed by atoms with Crippen molar-refractivity contribution in [2.45, 2.75) is 59.0 Å². The van der Waals surface area contributed by atoms with Crippen molar-refractivity contribution in [1.29, 1.82) is 0 Å². The van der Waals surface area contributed by atoms with Crippen LogP contribution < -0.4 is 5.32 Å². The van der Waals surface area contributed by atoms with E-state index in [-0.39, 0.29) is 12.1 Å². The summed E-state index contributed by atoms with van der Waals surface area (Å²) in [6.45, 7) is 2.15. The first-order valence-corrected chi connectivity index (χ1v) is 7.12. The van der Waals surface area contributed by atoms with Crippen LogP contribution >= 0.6 is 0 Å². The van der Waals surface area contributed by atoms with E-state index in [9.17, 15) is 18.4 Å². The molecule has 1 aromatic rings. The number of carbonyl (C=O) groups is 2. The maximum absolute atomic E-state index is 12.7. The molecule has 0 saturated carbocycles. The summed E-state index contributed by atoms with van der Waals surface area (Å²) in [4.78, 5) is 23.1. The lowest BCUT2D eigenvalue weighted by atomic mass is 10.1. The number of nitrogens with one attached hydrogen (secondary N) is 1. The first kappa shape index (κ1) is 18.1. The van der Waals surface area contributed by atoms with Gasteiger partial charge in [-0.05, 0) is 20.3 Å². The second kappa shape index (κ2) is 7.86. The molecule has 0 bridgehead atoms. The highest BCUT2D eigenvalue weighted by molar-refractivity contribution is 5.85. The molecule has 0 saturated heterocycles. The Kier molecular flexibility index (Phi) is 6.45. The maximum atomic E-state index is 12.7. The predicted molar refractivity (Wildman–Crippen MR) is 75.7 cm³/mol. The van der Waals surface area contributed by atoms with E-state index in [0.717, 1.165) is 6.42 Å². The standard InChI is InChI=1S/C14H21F2N3O3/c1-4-5-6-11(13(21)22)17-12(20)7-10-8(2)18-19(9(10)3)14(15)16/h11,14H,4-7H2,1-3H3,(H,17,20)(H,21,22)/t11-/m0/s1. The normalized spacial score (nSPS) is 12.5. The smallest absolute Gasteiger partial charge is 0.333 e. The van der Waals surface area contributed by atoms with E-state index in [1.165, 1.54) is 6.92 Å². The molecule has 1 rings (SSSR count). The highest BCUT2D eigenvalue weighted by Gasteiger charge is 2.22. The molecule has 0 spiro atoms. The van der Waals surface area contributed by atoms with E-state index >= 15 is 0 Å². The van der Waals surface area contributed by atoms with Gasteiger partial charge in [0.15, 0.2) is 0 Å². The van der Waals surface area contributed by atoms with Gasteiger partial charge in [-0.2, -0.15) is 13.9 Å². The molecule has 22 heavy (non-hydrogen) atoms. The summed E-state index contributed by atoms with van der Waals surface area (Å²) in [5.74, 6) is -1.61. The zero-order valence-corrected chi connectivity index (χ0v) is 12.9. The minimum atomic E-state index is -2.77. The van der Waals surface area contributed by atoms with Crippen molar-refractivity contribution in [3.63, 3.8) is 0 Å². The zero-order valence-electron chi connectivity index (χ0n) is 12.9. The summed E-state index contributed by atoms with van der Waals surface area (Å²) in [7, 11) is 0. The number of hydrogen-bond donors (Lipinski definition) is 2. The Bertz CT molecular complexity index is 544. The number of halogens is 2. The molecule has 2 N–H and O–H groups in total. The van der Waals surface area contributed by atoms with E-state index in [4.69, 9.17) is 5.11 Å². The lowest BCUT2D eigenvalue weighted by Crippen LogP contribution is -2.41. The van der Waals surface area contributed by atoms with Crippen molar-refractivity contribution in [3.8, 4) is 0 Å². The largest absolute Gasteiger partial charge is 0.480 e. The quantitative estimate of drug-likeness (QED) is 0.770. The summed E-state index contributed by atoms with van der Waals surface area (Å²) in [6, 6.07) is -0.960. The third kappa shape index (κ3) is 4.51. The molecule has 8 heteroatoms. The minimum Gasteiger partial charge on any atom is -0.480 e. The predicted octanol–water partition coefficient (Wildman–Crippen LogP) is 2.20. The molecular formula is C14H21F2N3O3. The first-order chi connectivity index (χ1) is 10.3. The van der Waals surface area contributed by atoms with Crippen molar-refractivity contribution in [2.24, 2.45) is 0 Å². The monoisotopic (exact) mass is 317 g/mol. The molecule has 1 aromatic heterocycles. The van der Waals surface area contributed by atoms with Gasteiger partial charge < -0.3 is 10.4 Å². The molecule has 1 amide bonds. The minimum absolute atomic E-state index is 0.166. The molecule has 0 aliphatic heterocycles. The lowest BCUT2D eigenvalue weighted by molar-refractivity contribution is -0.142. The van der Waals surface area contributed by atoms with E-state index in [1.54, 1.807) is 6.92 Å². The summed E-state index contributed by atoms with van der Waals surface area (Å²) >= 11 is 0. The van der Waals surface area contributed by atoms with Crippen LogP contribution in [0, 0.1) is 13.8 Å². The Morgan fingerprint density at radius 2 is 2.00 bits per heavy atom. The Hall–Kier alpha value is -1.99. The molecule has 6 nitrogen and oxygen atoms in total. The van der Waals surface area contributed by atoms with E-state index in [1.807, 2.05) is 6.92 Å². The first-order valence-electron chi connectivity index (χ1n) is 7.12. The number of aryl methyl sites for hydroxylation is 1. The molecule has 0 aromatic carbocycles. The number of amides is 1. The second-order valence-electron chi connectivity index (χ2n) is 5.15. The van der Waals surface area contributed by atoms with E-state index < -0.39 is 24.5 Å². The zero-order chi connectivity index (χ0) is 16.9. The molecule has 0 unspecified atom stereocenters. The van der Waals surface area contributed by atoms with Gasteiger partial charge in [0.1, 0.15) is 6.04 Å². The van der Waals surface area contributed by atoms with Crippen molar-refractivity contribution in [1.82, 2.24) is 15.1 Å². The SMILES string of the molecule is CCCC[C@H](NC(=O)Cc1c(C)nn(C(F)F)c1C)C(=O)O. The van der Waals surface area contributed by atoms with Crippen LogP contribution in [0.25, 0.3) is 0 Å². The molecule has 0 aliphatic carbocycles. The second-order valence-corrected chi connectivity index (χ2v) is 5.15. The summed E-state index contributed by atoms with van der Waals surface area (Å²) in [5.41, 5.74) is 0.953. The number of aliphatic carboxylic acids is 1. The highest BCUT2D eigenvalue weighted by atomic mass is 19.3. The molecule has 1 atom stereocenters. The van der Waals surface area contributed by atoms with Crippen molar-refractivity contribution >= 4 is 11.9 Å². The van der Waals surface area contributed by atoms with Crippen molar-refractivity contribution < 1.29 is 23.5 Å². The van der Waals surface area contributed by atoms with Crippen molar-refractivity contribution in [3.05, 3.63) is 17.0 Å². The molecule has 124 valence electrons. The van der Waals surface area contributed by atoms with Crippen LogP contribution in [0.2, 0.25) is 0 Å². The van der Waals surface area contributed by atoms with Crippen molar-refractivity contribution in [2.75, 3.05) is 0 Å². The van der Waals surface area contributed by atoms with Crippen LogP contribution in [0.4, 0.5) is 8.78 Å². The fourth-order valence-corrected chi connectivity index (χ4v) is 2.21. The lowest BCUT2D eigenvalue weighted by Gasteiger charge is -2.14. The topological polar surface area (TPSA) is 84.2 Å². The fraction of sp³-hybridized carbons (Fsp3) is 0.643. The Balaban J connectivity index is 2.78. The highest BCUT2D eigenvalue weighted by Crippen LogP contribution is 2.19. The Morgan fingerprint density at radius 1 is 1.36 bits per heavy atom. The number of hydrogen-bond acceptors (Lipinski definition) is 3. The number of aromatic nitrogens is 2. The maximum Gasteiger partial charge on any atom is 0.333 e. The van der Waals surface area contributed by atoms with Crippen LogP contribution in [0.3, 0.4) is 0 Å². The number of carboxylic acid groups (broad SMARTS) is 1. The molecular weight excluding hydrogens is 296 g/mol. The van der Waals surface area contributed by atoms with Gasteiger partial charge in [0.25, 0.3) is 0 Å². The van der Waals surface area contributed by atoms with Crippen LogP contribution in [0.15, 0.2) is 0 Å². The molecule has 0 radical (unpaired) electrons. The number of carboxylic acids is 1. The average molecular weight is 317 g/mol. The van der Waals surface area contributed by atoms with E-state index in [0.29, 0.717) is 28.8 Å². The number of carbonyl (C=O) groups excluding carboxylic acids is 1. The van der Waals surface area contributed by atoms with Crippen LogP contribution in [0.1, 0.15) is 49.7 Å². The third-order valence-electron chi connectivity index (χ3n) is 3.48. The molecule has 0 fully saturated rings. The fourth-order valence-electron chi connectivity index (χ4n) is 2.21. The van der Waals surface area contributed by atoms with Gasteiger partial charge in [-0.1, -0.05) is 19.8 Å². The summed E-state index contributed by atoms with van der Waals surface area (Å²) in [5, 5.41) is 15.2. The van der Waals surface area contributed by atoms with Crippen LogP contribution in [0.5, 0.6) is 0 Å². The number of nitrogens with zero attached hydrogens (tertiary/aromatic N) is 2. The van der Waals surface area contributed by atoms with Gasteiger partial charge >= 0.3 is 12.5 Å². The van der Waals surface area contributed by atoms with Gasteiger partial charge in [0, 0.05) is 11.3 Å². The molecule has 1 heterocycles. The number of rotatable bonds is 8. The van der Waals surface area contributed by atoms with Crippen LogP contribution in [-0.2, 0) is 16.0 Å². The third-order valence-corrected chi connectivity index (χ3v) is 3.48. The molecule has 0 aliphatic rings. The Morgan fingerprint density at radius 3 is 2.45 bits per heavy atom.